The fraction of sp³-hybridized carbons (Fsp3) is 0.733. The molecule has 1 fully saturated rings. The highest BCUT2D eigenvalue weighted by atomic mass is 127. The van der Waals surface area contributed by atoms with Crippen LogP contribution in [0.25, 0.3) is 0 Å². The predicted octanol–water partition coefficient (Wildman–Crippen LogP) is 3.51. The maximum atomic E-state index is 4.42. The van der Waals surface area contributed by atoms with Gasteiger partial charge in [-0.25, -0.2) is 4.98 Å². The van der Waals surface area contributed by atoms with Crippen molar-refractivity contribution in [1.82, 2.24) is 15.2 Å². The molecule has 0 amide bonds. The zero-order chi connectivity index (χ0) is 14.5. The standard InChI is InChI=1S/C15H26N4S.HI/c1-11(2)7-13-5-6-19(10-13)15(16-4)18-9-14-8-17-12(3)20-14;/h8,11,13H,5-7,9-10H2,1-4H3,(H,16,18);1H. The summed E-state index contributed by atoms with van der Waals surface area (Å²) in [4.78, 5) is 12.4. The molecule has 4 nitrogen and oxygen atoms in total. The molecule has 1 N–H and O–H groups in total. The number of nitrogens with zero attached hydrogens (tertiary/aromatic N) is 3. The van der Waals surface area contributed by atoms with E-state index in [-0.39, 0.29) is 24.0 Å². The summed E-state index contributed by atoms with van der Waals surface area (Å²) in [7, 11) is 1.87. The Kier molecular flexibility index (Phi) is 7.94. The molecule has 1 aliphatic heterocycles. The van der Waals surface area contributed by atoms with E-state index in [0.717, 1.165) is 42.4 Å². The largest absolute Gasteiger partial charge is 0.351 e. The molecule has 1 aromatic rings. The molecular weight excluding hydrogens is 395 g/mol. The van der Waals surface area contributed by atoms with Crippen LogP contribution in [0.2, 0.25) is 0 Å². The number of halogens is 1. The summed E-state index contributed by atoms with van der Waals surface area (Å²) in [6, 6.07) is 0. The van der Waals surface area contributed by atoms with Crippen LogP contribution in [-0.4, -0.2) is 36.0 Å². The van der Waals surface area contributed by atoms with Gasteiger partial charge in [0.25, 0.3) is 0 Å². The molecule has 1 atom stereocenters. The number of guanidine groups is 1. The van der Waals surface area contributed by atoms with E-state index in [1.165, 1.54) is 17.7 Å². The third-order valence-corrected chi connectivity index (χ3v) is 4.60. The van der Waals surface area contributed by atoms with Crippen molar-refractivity contribution in [2.24, 2.45) is 16.8 Å². The Morgan fingerprint density at radius 1 is 1.57 bits per heavy atom. The molecule has 0 aliphatic carbocycles. The fourth-order valence-electron chi connectivity index (χ4n) is 2.87. The summed E-state index contributed by atoms with van der Waals surface area (Å²) in [5.74, 6) is 2.64. The van der Waals surface area contributed by atoms with Gasteiger partial charge in [0.15, 0.2) is 5.96 Å². The first-order chi connectivity index (χ1) is 9.58. The van der Waals surface area contributed by atoms with Crippen LogP contribution in [0.15, 0.2) is 11.2 Å². The SMILES string of the molecule is CN=C(NCc1cnc(C)s1)N1CCC(CC(C)C)C1.I. The minimum Gasteiger partial charge on any atom is -0.351 e. The lowest BCUT2D eigenvalue weighted by Gasteiger charge is -2.21. The molecule has 21 heavy (non-hydrogen) atoms. The molecule has 1 saturated heterocycles. The van der Waals surface area contributed by atoms with Crippen molar-refractivity contribution in [3.05, 3.63) is 16.1 Å². The number of rotatable bonds is 4. The van der Waals surface area contributed by atoms with Gasteiger partial charge in [-0.05, 0) is 31.6 Å². The monoisotopic (exact) mass is 422 g/mol. The number of aliphatic imine (C=N–C) groups is 1. The van der Waals surface area contributed by atoms with Gasteiger partial charge in [-0.2, -0.15) is 0 Å². The molecule has 0 bridgehead atoms. The topological polar surface area (TPSA) is 40.5 Å². The van der Waals surface area contributed by atoms with Crippen LogP contribution in [0.5, 0.6) is 0 Å². The molecule has 2 rings (SSSR count). The van der Waals surface area contributed by atoms with Crippen LogP contribution >= 0.6 is 35.3 Å². The number of aryl methyl sites for hydroxylation is 1. The maximum Gasteiger partial charge on any atom is 0.193 e. The minimum absolute atomic E-state index is 0. The second-order valence-electron chi connectivity index (χ2n) is 5.98. The fourth-order valence-corrected chi connectivity index (χ4v) is 3.60. The minimum atomic E-state index is 0. The van der Waals surface area contributed by atoms with E-state index >= 15 is 0 Å². The highest BCUT2D eigenvalue weighted by Crippen LogP contribution is 2.23. The van der Waals surface area contributed by atoms with E-state index in [4.69, 9.17) is 0 Å². The summed E-state index contributed by atoms with van der Waals surface area (Å²) in [5.41, 5.74) is 0. The summed E-state index contributed by atoms with van der Waals surface area (Å²) < 4.78 is 0. The van der Waals surface area contributed by atoms with Gasteiger partial charge in [-0.1, -0.05) is 13.8 Å². The number of hydrogen-bond acceptors (Lipinski definition) is 3. The van der Waals surface area contributed by atoms with Gasteiger partial charge in [0.1, 0.15) is 0 Å². The third kappa shape index (κ3) is 5.73. The van der Waals surface area contributed by atoms with Crippen LogP contribution in [0.3, 0.4) is 0 Å². The average Bonchev–Trinajstić information content (AvgIpc) is 2.99. The van der Waals surface area contributed by atoms with Gasteiger partial charge in [0, 0.05) is 31.2 Å². The first kappa shape index (κ1) is 18.7. The molecule has 6 heteroatoms. The van der Waals surface area contributed by atoms with E-state index < -0.39 is 0 Å². The Bertz CT molecular complexity index is 458. The van der Waals surface area contributed by atoms with Gasteiger partial charge < -0.3 is 10.2 Å². The predicted molar refractivity (Wildman–Crippen MR) is 102 cm³/mol. The first-order valence-electron chi connectivity index (χ1n) is 7.45. The Hall–Kier alpha value is -0.370. The van der Waals surface area contributed by atoms with E-state index in [0.29, 0.717) is 0 Å². The lowest BCUT2D eigenvalue weighted by molar-refractivity contribution is 0.403. The van der Waals surface area contributed by atoms with E-state index in [2.05, 4.69) is 34.0 Å². The molecule has 1 unspecified atom stereocenters. The van der Waals surface area contributed by atoms with Crippen molar-refractivity contribution in [3.63, 3.8) is 0 Å². The van der Waals surface area contributed by atoms with Gasteiger partial charge in [-0.15, -0.1) is 35.3 Å². The summed E-state index contributed by atoms with van der Waals surface area (Å²) >= 11 is 1.74. The Morgan fingerprint density at radius 3 is 2.90 bits per heavy atom. The third-order valence-electron chi connectivity index (χ3n) is 3.69. The molecule has 0 aromatic carbocycles. The van der Waals surface area contributed by atoms with Gasteiger partial charge in [0.2, 0.25) is 0 Å². The van der Waals surface area contributed by atoms with Gasteiger partial charge in [-0.3, -0.25) is 4.99 Å². The van der Waals surface area contributed by atoms with Crippen molar-refractivity contribution in [2.75, 3.05) is 20.1 Å². The van der Waals surface area contributed by atoms with Crippen LogP contribution in [-0.2, 0) is 6.54 Å². The normalized spacial score (nSPS) is 19.0. The van der Waals surface area contributed by atoms with Crippen LogP contribution in [0.1, 0.15) is 36.6 Å². The number of likely N-dealkylation sites (tertiary alicyclic amines) is 1. The van der Waals surface area contributed by atoms with Gasteiger partial charge >= 0.3 is 0 Å². The van der Waals surface area contributed by atoms with E-state index in [9.17, 15) is 0 Å². The lowest BCUT2D eigenvalue weighted by Crippen LogP contribution is -2.39. The zero-order valence-corrected chi connectivity index (χ0v) is 16.6. The average molecular weight is 422 g/mol. The number of thiazole rings is 1. The summed E-state index contributed by atoms with van der Waals surface area (Å²) in [6.07, 6.45) is 4.56. The molecule has 120 valence electrons. The molecule has 2 heterocycles. The summed E-state index contributed by atoms with van der Waals surface area (Å²) in [6.45, 7) is 9.74. The zero-order valence-electron chi connectivity index (χ0n) is 13.4. The maximum absolute atomic E-state index is 4.42. The van der Waals surface area contributed by atoms with Crippen molar-refractivity contribution in [3.8, 4) is 0 Å². The quantitative estimate of drug-likeness (QED) is 0.459. The van der Waals surface area contributed by atoms with Crippen molar-refractivity contribution < 1.29 is 0 Å². The first-order valence-corrected chi connectivity index (χ1v) is 8.27. The molecular formula is C15H27IN4S. The number of hydrogen-bond donors (Lipinski definition) is 1. The molecule has 0 radical (unpaired) electrons. The second-order valence-corrected chi connectivity index (χ2v) is 7.30. The highest BCUT2D eigenvalue weighted by molar-refractivity contribution is 14.0. The summed E-state index contributed by atoms with van der Waals surface area (Å²) in [5, 5.41) is 4.58. The Morgan fingerprint density at radius 2 is 2.33 bits per heavy atom. The van der Waals surface area contributed by atoms with Crippen molar-refractivity contribution in [1.29, 1.82) is 0 Å². The van der Waals surface area contributed by atoms with Crippen LogP contribution in [0, 0.1) is 18.8 Å². The highest BCUT2D eigenvalue weighted by Gasteiger charge is 2.25. The lowest BCUT2D eigenvalue weighted by atomic mass is 9.97. The van der Waals surface area contributed by atoms with Crippen molar-refractivity contribution in [2.45, 2.75) is 40.2 Å². The van der Waals surface area contributed by atoms with Crippen LogP contribution in [0.4, 0.5) is 0 Å². The second kappa shape index (κ2) is 8.92. The number of aromatic nitrogens is 1. The number of nitrogens with one attached hydrogen (secondary N) is 1. The van der Waals surface area contributed by atoms with E-state index in [1.54, 1.807) is 11.3 Å². The molecule has 0 saturated carbocycles. The van der Waals surface area contributed by atoms with Crippen LogP contribution < -0.4 is 5.32 Å². The Balaban J connectivity index is 0.00000220. The molecule has 1 aromatic heterocycles. The molecule has 0 spiro atoms. The Labute approximate surface area is 149 Å². The molecule has 1 aliphatic rings. The van der Waals surface area contributed by atoms with Crippen molar-refractivity contribution >= 4 is 41.3 Å². The smallest absolute Gasteiger partial charge is 0.193 e. The van der Waals surface area contributed by atoms with Gasteiger partial charge in [0.05, 0.1) is 11.6 Å². The van der Waals surface area contributed by atoms with E-state index in [1.807, 2.05) is 20.2 Å².